The van der Waals surface area contributed by atoms with E-state index in [9.17, 15) is 9.18 Å². The molecule has 1 heterocycles. The SMILES string of the molecule is COc1c(F)c(C(=O)O)cc2ccsc12. The van der Waals surface area contributed by atoms with E-state index in [4.69, 9.17) is 9.84 Å². The summed E-state index contributed by atoms with van der Waals surface area (Å²) in [4.78, 5) is 10.8. The average Bonchev–Trinajstić information content (AvgIpc) is 2.64. The summed E-state index contributed by atoms with van der Waals surface area (Å²) >= 11 is 1.32. The maximum Gasteiger partial charge on any atom is 0.338 e. The van der Waals surface area contributed by atoms with E-state index >= 15 is 0 Å². The second-order valence-corrected chi connectivity index (χ2v) is 3.83. The molecular formula is C10H7FO3S. The summed E-state index contributed by atoms with van der Waals surface area (Å²) in [6.45, 7) is 0. The van der Waals surface area contributed by atoms with Gasteiger partial charge >= 0.3 is 5.97 Å². The maximum absolute atomic E-state index is 13.6. The molecule has 0 amide bonds. The van der Waals surface area contributed by atoms with Crippen LogP contribution in [-0.2, 0) is 0 Å². The molecule has 3 nitrogen and oxygen atoms in total. The highest BCUT2D eigenvalue weighted by atomic mass is 32.1. The van der Waals surface area contributed by atoms with Crippen molar-refractivity contribution < 1.29 is 19.0 Å². The van der Waals surface area contributed by atoms with Crippen LogP contribution in [0.15, 0.2) is 17.5 Å². The number of fused-ring (bicyclic) bond motifs is 1. The van der Waals surface area contributed by atoms with Gasteiger partial charge in [-0.3, -0.25) is 0 Å². The Kier molecular flexibility index (Phi) is 2.32. The second-order valence-electron chi connectivity index (χ2n) is 2.92. The molecule has 1 aromatic heterocycles. The maximum atomic E-state index is 13.6. The van der Waals surface area contributed by atoms with Gasteiger partial charge in [0, 0.05) is 0 Å². The van der Waals surface area contributed by atoms with Crippen molar-refractivity contribution >= 4 is 27.4 Å². The second kappa shape index (κ2) is 3.51. The van der Waals surface area contributed by atoms with Crippen molar-refractivity contribution in [1.29, 1.82) is 0 Å². The number of hydrogen-bond acceptors (Lipinski definition) is 3. The molecule has 0 unspecified atom stereocenters. The van der Waals surface area contributed by atoms with E-state index in [2.05, 4.69) is 0 Å². The van der Waals surface area contributed by atoms with Crippen LogP contribution in [0.25, 0.3) is 10.1 Å². The van der Waals surface area contributed by atoms with Gasteiger partial charge in [0.25, 0.3) is 0 Å². The Hall–Kier alpha value is -1.62. The number of rotatable bonds is 2. The Balaban J connectivity index is 2.85. The first-order chi connectivity index (χ1) is 7.15. The Bertz CT molecular complexity index is 533. The van der Waals surface area contributed by atoms with Crippen molar-refractivity contribution in [3.63, 3.8) is 0 Å². The predicted octanol–water partition coefficient (Wildman–Crippen LogP) is 2.75. The summed E-state index contributed by atoms with van der Waals surface area (Å²) in [5.41, 5.74) is -0.363. The standard InChI is InChI=1S/C10H7FO3S/c1-14-8-7(11)6(10(12)13)4-5-2-3-15-9(5)8/h2-4H,1H3,(H,12,13). The molecule has 5 heteroatoms. The van der Waals surface area contributed by atoms with Crippen molar-refractivity contribution in [3.8, 4) is 5.75 Å². The molecule has 0 aliphatic rings. The van der Waals surface area contributed by atoms with Crippen molar-refractivity contribution in [2.24, 2.45) is 0 Å². The van der Waals surface area contributed by atoms with Gasteiger partial charge in [0.2, 0.25) is 0 Å². The minimum absolute atomic E-state index is 0.0000926. The van der Waals surface area contributed by atoms with Crippen molar-refractivity contribution in [2.45, 2.75) is 0 Å². The van der Waals surface area contributed by atoms with Gasteiger partial charge in [-0.2, -0.15) is 0 Å². The first kappa shape index (κ1) is 9.92. The van der Waals surface area contributed by atoms with Crippen LogP contribution in [0.2, 0.25) is 0 Å². The van der Waals surface area contributed by atoms with Crippen LogP contribution < -0.4 is 4.74 Å². The summed E-state index contributed by atoms with van der Waals surface area (Å²) in [5.74, 6) is -2.11. The number of carboxylic acid groups (broad SMARTS) is 1. The third-order valence-electron chi connectivity index (χ3n) is 2.07. The molecule has 0 saturated heterocycles. The molecule has 2 aromatic rings. The monoisotopic (exact) mass is 226 g/mol. The number of carboxylic acids is 1. The molecule has 0 bridgehead atoms. The third kappa shape index (κ3) is 1.45. The molecule has 0 aliphatic carbocycles. The molecule has 0 atom stereocenters. The van der Waals surface area contributed by atoms with Crippen LogP contribution in [0, 0.1) is 5.82 Å². The van der Waals surface area contributed by atoms with Gasteiger partial charge in [-0.1, -0.05) is 0 Å². The largest absolute Gasteiger partial charge is 0.492 e. The molecule has 1 N–H and O–H groups in total. The minimum atomic E-state index is -1.29. The van der Waals surface area contributed by atoms with Crippen molar-refractivity contribution in [2.75, 3.05) is 7.11 Å². The number of carbonyl (C=O) groups is 1. The molecule has 0 saturated carbocycles. The van der Waals surface area contributed by atoms with Crippen molar-refractivity contribution in [3.05, 3.63) is 28.9 Å². The highest BCUT2D eigenvalue weighted by molar-refractivity contribution is 7.17. The van der Waals surface area contributed by atoms with Gasteiger partial charge < -0.3 is 9.84 Å². The molecule has 15 heavy (non-hydrogen) atoms. The van der Waals surface area contributed by atoms with E-state index in [-0.39, 0.29) is 11.3 Å². The van der Waals surface area contributed by atoms with Gasteiger partial charge in [0.15, 0.2) is 11.6 Å². The Morgan fingerprint density at radius 1 is 1.60 bits per heavy atom. The Morgan fingerprint density at radius 3 is 2.93 bits per heavy atom. The van der Waals surface area contributed by atoms with E-state index in [1.165, 1.54) is 24.5 Å². The number of benzene rings is 1. The van der Waals surface area contributed by atoms with Gasteiger partial charge in [0.1, 0.15) is 0 Å². The van der Waals surface area contributed by atoms with Gasteiger partial charge in [0.05, 0.1) is 17.4 Å². The fourth-order valence-electron chi connectivity index (χ4n) is 1.40. The fraction of sp³-hybridized carbons (Fsp3) is 0.100. The third-order valence-corrected chi connectivity index (χ3v) is 3.00. The average molecular weight is 226 g/mol. The van der Waals surface area contributed by atoms with Crippen LogP contribution in [0.4, 0.5) is 4.39 Å². The van der Waals surface area contributed by atoms with Gasteiger partial charge in [-0.15, -0.1) is 11.3 Å². The lowest BCUT2D eigenvalue weighted by molar-refractivity contribution is 0.0691. The van der Waals surface area contributed by atoms with Gasteiger partial charge in [-0.05, 0) is 22.9 Å². The number of thiophene rings is 1. The Labute approximate surface area is 88.7 Å². The number of methoxy groups -OCH3 is 1. The van der Waals surface area contributed by atoms with E-state index in [1.54, 1.807) is 11.4 Å². The van der Waals surface area contributed by atoms with Crippen LogP contribution in [0.5, 0.6) is 5.75 Å². The molecule has 0 aliphatic heterocycles. The minimum Gasteiger partial charge on any atom is -0.492 e. The molecule has 0 fully saturated rings. The fourth-order valence-corrected chi connectivity index (χ4v) is 2.29. The lowest BCUT2D eigenvalue weighted by Crippen LogP contribution is -2.02. The molecule has 2 rings (SSSR count). The van der Waals surface area contributed by atoms with Crippen LogP contribution in [0.3, 0.4) is 0 Å². The molecule has 78 valence electrons. The highest BCUT2D eigenvalue weighted by Gasteiger charge is 2.19. The van der Waals surface area contributed by atoms with Crippen molar-refractivity contribution in [1.82, 2.24) is 0 Å². The topological polar surface area (TPSA) is 46.5 Å². The Morgan fingerprint density at radius 2 is 2.33 bits per heavy atom. The predicted molar refractivity (Wildman–Crippen MR) is 55.3 cm³/mol. The van der Waals surface area contributed by atoms with Crippen LogP contribution >= 0.6 is 11.3 Å². The number of ether oxygens (including phenoxy) is 1. The summed E-state index contributed by atoms with van der Waals surface area (Å²) in [6.07, 6.45) is 0. The van der Waals surface area contributed by atoms with E-state index in [0.29, 0.717) is 10.1 Å². The summed E-state index contributed by atoms with van der Waals surface area (Å²) in [6, 6.07) is 3.04. The van der Waals surface area contributed by atoms with Crippen LogP contribution in [-0.4, -0.2) is 18.2 Å². The number of hydrogen-bond donors (Lipinski definition) is 1. The first-order valence-electron chi connectivity index (χ1n) is 4.12. The smallest absolute Gasteiger partial charge is 0.338 e. The summed E-state index contributed by atoms with van der Waals surface area (Å²) in [5, 5.41) is 11.2. The lowest BCUT2D eigenvalue weighted by Gasteiger charge is -2.05. The van der Waals surface area contributed by atoms with Crippen LogP contribution in [0.1, 0.15) is 10.4 Å². The summed E-state index contributed by atoms with van der Waals surface area (Å²) in [7, 11) is 1.32. The lowest BCUT2D eigenvalue weighted by atomic mass is 10.1. The zero-order valence-electron chi connectivity index (χ0n) is 7.78. The highest BCUT2D eigenvalue weighted by Crippen LogP contribution is 2.35. The van der Waals surface area contributed by atoms with E-state index < -0.39 is 11.8 Å². The molecule has 1 aromatic carbocycles. The molecule has 0 radical (unpaired) electrons. The molecular weight excluding hydrogens is 219 g/mol. The van der Waals surface area contributed by atoms with Gasteiger partial charge in [-0.25, -0.2) is 9.18 Å². The first-order valence-corrected chi connectivity index (χ1v) is 5.00. The zero-order valence-corrected chi connectivity index (χ0v) is 8.60. The van der Waals surface area contributed by atoms with E-state index in [1.807, 2.05) is 0 Å². The van der Waals surface area contributed by atoms with E-state index in [0.717, 1.165) is 0 Å². The normalized spacial score (nSPS) is 10.5. The number of halogens is 1. The summed E-state index contributed by atoms with van der Waals surface area (Å²) < 4.78 is 19.1. The number of aromatic carboxylic acids is 1. The molecule has 0 spiro atoms. The zero-order chi connectivity index (χ0) is 11.0. The quantitative estimate of drug-likeness (QED) is 0.856.